The summed E-state index contributed by atoms with van der Waals surface area (Å²) in [6.07, 6.45) is 0.449. The number of fused-ring (bicyclic) bond motifs is 4. The lowest BCUT2D eigenvalue weighted by Gasteiger charge is -2.43. The Bertz CT molecular complexity index is 1740. The van der Waals surface area contributed by atoms with Crippen LogP contribution in [0.4, 0.5) is 10.5 Å². The van der Waals surface area contributed by atoms with Crippen molar-refractivity contribution in [3.05, 3.63) is 46.5 Å². The number of rotatable bonds is 12. The number of hydrogen-bond donors (Lipinski definition) is 4. The number of alkyl carbamates (subject to hydrolysis) is 1. The zero-order valence-corrected chi connectivity index (χ0v) is 37.2. The molecule has 18 heteroatoms. The molecule has 3 amide bonds. The number of carboxylic acids is 1. The maximum Gasteiger partial charge on any atom is 0.409 e. The number of esters is 1. The highest BCUT2D eigenvalue weighted by molar-refractivity contribution is 8.77. The molecule has 2 heterocycles. The third-order valence-corrected chi connectivity index (χ3v) is 13.9. The Hall–Kier alpha value is -3.48. The van der Waals surface area contributed by atoms with Crippen LogP contribution in [0.2, 0.25) is 5.02 Å². The van der Waals surface area contributed by atoms with Gasteiger partial charge in [0.1, 0.15) is 35.1 Å². The minimum atomic E-state index is -1.92. The van der Waals surface area contributed by atoms with Gasteiger partial charge in [0.2, 0.25) is 11.8 Å². The fraction of sp³-hybridized carbons (Fsp3) is 0.625. The molecule has 7 atom stereocenters. The number of carbonyl (C=O) groups excluding carboxylic acids is 4. The summed E-state index contributed by atoms with van der Waals surface area (Å²) >= 11 is 6.74. The van der Waals surface area contributed by atoms with E-state index in [9.17, 15) is 34.2 Å². The Labute approximate surface area is 353 Å². The molecule has 1 saturated heterocycles. The number of amides is 3. The molecule has 1 fully saturated rings. The lowest BCUT2D eigenvalue weighted by Crippen LogP contribution is -2.63. The molecule has 324 valence electrons. The maximum atomic E-state index is 14.1. The van der Waals surface area contributed by atoms with Gasteiger partial charge in [-0.15, -0.1) is 0 Å². The number of hydrogen-bond acceptors (Lipinski definition) is 13. The van der Waals surface area contributed by atoms with Crippen molar-refractivity contribution in [2.45, 2.75) is 120 Å². The molecule has 1 aromatic carbocycles. The van der Waals surface area contributed by atoms with E-state index in [1.54, 1.807) is 45.1 Å². The van der Waals surface area contributed by atoms with Gasteiger partial charge in [0, 0.05) is 44.5 Å². The highest BCUT2D eigenvalue weighted by Gasteiger charge is 2.48. The van der Waals surface area contributed by atoms with Crippen molar-refractivity contribution < 1.29 is 58.2 Å². The van der Waals surface area contributed by atoms with Gasteiger partial charge < -0.3 is 44.1 Å². The van der Waals surface area contributed by atoms with Crippen molar-refractivity contribution in [3.8, 4) is 5.75 Å². The van der Waals surface area contributed by atoms with Crippen molar-refractivity contribution >= 4 is 68.7 Å². The van der Waals surface area contributed by atoms with Crippen molar-refractivity contribution in [1.82, 2.24) is 10.2 Å². The summed E-state index contributed by atoms with van der Waals surface area (Å²) in [5.74, 6) is -2.72. The van der Waals surface area contributed by atoms with E-state index in [1.165, 1.54) is 73.6 Å². The smallest absolute Gasteiger partial charge is 0.409 e. The molecule has 58 heavy (non-hydrogen) atoms. The summed E-state index contributed by atoms with van der Waals surface area (Å²) in [6, 6.07) is 2.36. The van der Waals surface area contributed by atoms with Crippen molar-refractivity contribution in [2.24, 2.45) is 5.92 Å². The Kier molecular flexibility index (Phi) is 17.4. The Balaban J connectivity index is 1.98. The number of ether oxygens (including phenoxy) is 4. The molecule has 4 bridgehead atoms. The molecule has 1 unspecified atom stereocenters. The molecule has 15 nitrogen and oxygen atoms in total. The molecule has 2 aliphatic rings. The molecule has 3 rings (SSSR count). The lowest BCUT2D eigenvalue weighted by molar-refractivity contribution is -0.176. The number of allylic oxidation sites excluding steroid dienone is 3. The fourth-order valence-electron chi connectivity index (χ4n) is 6.76. The molecule has 0 saturated carbocycles. The number of carbonyl (C=O) groups is 5. The zero-order valence-electron chi connectivity index (χ0n) is 34.8. The van der Waals surface area contributed by atoms with Crippen LogP contribution in [-0.4, -0.2) is 125 Å². The van der Waals surface area contributed by atoms with Crippen LogP contribution >= 0.6 is 33.2 Å². The molecule has 0 spiro atoms. The molecule has 4 N–H and O–H groups in total. The van der Waals surface area contributed by atoms with Crippen molar-refractivity contribution in [1.29, 1.82) is 0 Å². The number of methoxy groups -OCH3 is 2. The topological polar surface area (TPSA) is 201 Å². The highest BCUT2D eigenvalue weighted by Crippen LogP contribution is 2.40. The number of aliphatic hydroxyl groups is 2. The third kappa shape index (κ3) is 13.3. The summed E-state index contributed by atoms with van der Waals surface area (Å²) in [5.41, 5.74) is -1.86. The average Bonchev–Trinajstić information content (AvgIpc) is 3.12. The maximum absolute atomic E-state index is 14.1. The van der Waals surface area contributed by atoms with Gasteiger partial charge in [-0.25, -0.2) is 9.59 Å². The predicted molar refractivity (Wildman–Crippen MR) is 224 cm³/mol. The normalized spacial score (nSPS) is 27.9. The first-order valence-electron chi connectivity index (χ1n) is 18.8. The second kappa shape index (κ2) is 20.7. The Morgan fingerprint density at radius 1 is 1.19 bits per heavy atom. The van der Waals surface area contributed by atoms with Gasteiger partial charge in [-0.2, -0.15) is 0 Å². The van der Waals surface area contributed by atoms with Gasteiger partial charge >= 0.3 is 18.0 Å². The number of carboxylic acid groups (broad SMARTS) is 1. The zero-order chi connectivity index (χ0) is 43.7. The molecule has 1 aromatic rings. The predicted octanol–water partition coefficient (Wildman–Crippen LogP) is 5.52. The third-order valence-electron chi connectivity index (χ3n) is 10.3. The quantitative estimate of drug-likeness (QED) is 0.116. The van der Waals surface area contributed by atoms with Crippen LogP contribution in [-0.2, 0) is 39.8 Å². The van der Waals surface area contributed by atoms with E-state index in [1.807, 2.05) is 13.0 Å². The molecular weight excluding hydrogens is 814 g/mol. The second-order valence-electron chi connectivity index (χ2n) is 15.8. The van der Waals surface area contributed by atoms with E-state index in [0.717, 1.165) is 11.1 Å². The van der Waals surface area contributed by atoms with E-state index < -0.39 is 76.7 Å². The monoisotopic (exact) mass is 871 g/mol. The number of anilines is 1. The summed E-state index contributed by atoms with van der Waals surface area (Å²) in [7, 11) is 8.51. The minimum absolute atomic E-state index is 0.0502. The number of nitrogens with one attached hydrogen (secondary N) is 1. The SMILES string of the molecule is COc1cc2cc(c1Cl)N(C)C(=O)C[C@H](OC(=O)[C@H](C)N(C)C(=O)CCSSC(C)(C)CC(=O)O)C(C)(O)C[C@H](C)[C@@H]1C[C@@](O)(NC(=O)O1)[C@H](OC)/C=C/C=C(\C)C2. The Morgan fingerprint density at radius 2 is 1.86 bits per heavy atom. The van der Waals surface area contributed by atoms with E-state index in [0.29, 0.717) is 23.6 Å². The molecular formula is C40H58ClN3O12S2. The van der Waals surface area contributed by atoms with E-state index in [4.69, 9.17) is 35.7 Å². The van der Waals surface area contributed by atoms with Crippen molar-refractivity contribution in [3.63, 3.8) is 0 Å². The van der Waals surface area contributed by atoms with Crippen LogP contribution in [0.1, 0.15) is 79.2 Å². The lowest BCUT2D eigenvalue weighted by atomic mass is 9.81. The highest BCUT2D eigenvalue weighted by atomic mass is 35.5. The van der Waals surface area contributed by atoms with E-state index in [-0.39, 0.29) is 36.6 Å². The Morgan fingerprint density at radius 3 is 2.48 bits per heavy atom. The minimum Gasteiger partial charge on any atom is -0.495 e. The van der Waals surface area contributed by atoms with Crippen LogP contribution in [0.3, 0.4) is 0 Å². The number of nitrogens with zero attached hydrogens (tertiary/aromatic N) is 2. The molecule has 2 aliphatic heterocycles. The summed E-state index contributed by atoms with van der Waals surface area (Å²) in [4.78, 5) is 67.6. The first-order valence-corrected chi connectivity index (χ1v) is 21.5. The van der Waals surface area contributed by atoms with Crippen LogP contribution in [0.15, 0.2) is 35.9 Å². The molecule has 0 aromatic heterocycles. The number of benzene rings is 1. The second-order valence-corrected chi connectivity index (χ2v) is 19.3. The van der Waals surface area contributed by atoms with Gasteiger partial charge in [-0.05, 0) is 71.1 Å². The first kappa shape index (κ1) is 48.9. The van der Waals surface area contributed by atoms with Crippen LogP contribution in [0, 0.1) is 5.92 Å². The number of aliphatic carboxylic acids is 1. The van der Waals surface area contributed by atoms with Gasteiger partial charge in [0.05, 0.1) is 31.2 Å². The van der Waals surface area contributed by atoms with Crippen LogP contribution < -0.4 is 15.0 Å². The van der Waals surface area contributed by atoms with Crippen LogP contribution in [0.5, 0.6) is 5.75 Å². The standard InChI is InChI=1S/C40H58ClN3O12S2/c1-23-12-11-13-30(54-10)40(52)21-29(55-37(50)42-40)24(2)20-39(6,51)31(19-33(46)44(8)27-17-26(16-23)18-28(53-9)35(27)41)56-36(49)25(3)43(7)32(45)14-15-57-58-38(4,5)22-34(47)48/h11-13,17-18,24-25,29-31,51-52H,14-16,19-22H2,1-10H3,(H,42,50)(H,47,48)/b13-11+,23-12+/t24-,25-,29-,30+,31-,39?,40-/m0/s1. The van der Waals surface area contributed by atoms with Crippen LogP contribution in [0.25, 0.3) is 0 Å². The summed E-state index contributed by atoms with van der Waals surface area (Å²) in [6.45, 7) is 10.1. The largest absolute Gasteiger partial charge is 0.495 e. The number of halogens is 1. The molecule has 0 aliphatic carbocycles. The van der Waals surface area contributed by atoms with Gasteiger partial charge in [-0.1, -0.05) is 63.9 Å². The van der Waals surface area contributed by atoms with Gasteiger partial charge in [0.15, 0.2) is 5.72 Å². The van der Waals surface area contributed by atoms with Gasteiger partial charge in [0.25, 0.3) is 0 Å². The van der Waals surface area contributed by atoms with Gasteiger partial charge in [-0.3, -0.25) is 19.7 Å². The fourth-order valence-corrected chi connectivity index (χ4v) is 9.55. The number of likely N-dealkylation sites (N-methyl/N-ethyl adjacent to an activating group) is 1. The van der Waals surface area contributed by atoms with E-state index in [2.05, 4.69) is 5.32 Å². The molecule has 0 radical (unpaired) electrons. The first-order chi connectivity index (χ1) is 26.9. The summed E-state index contributed by atoms with van der Waals surface area (Å²) in [5, 5.41) is 35.6. The average molecular weight is 873 g/mol. The van der Waals surface area contributed by atoms with E-state index >= 15 is 0 Å². The van der Waals surface area contributed by atoms with Crippen molar-refractivity contribution in [2.75, 3.05) is 39.0 Å². The summed E-state index contributed by atoms with van der Waals surface area (Å²) < 4.78 is 22.1.